The molecule has 0 aliphatic rings. The van der Waals surface area contributed by atoms with Crippen molar-refractivity contribution in [3.63, 3.8) is 0 Å². The number of benzene rings is 2. The van der Waals surface area contributed by atoms with E-state index < -0.39 is 20.7 Å². The molecular weight excluding hydrogens is 347 g/mol. The van der Waals surface area contributed by atoms with Gasteiger partial charge in [0.25, 0.3) is 10.0 Å². The molecule has 0 saturated heterocycles. The van der Waals surface area contributed by atoms with Crippen molar-refractivity contribution in [1.29, 1.82) is 0 Å². The molecular formula is C13H12BrFN2O2S. The van der Waals surface area contributed by atoms with Gasteiger partial charge < -0.3 is 5.73 Å². The molecule has 106 valence electrons. The second-order valence-corrected chi connectivity index (χ2v) is 6.82. The van der Waals surface area contributed by atoms with Crippen molar-refractivity contribution < 1.29 is 12.8 Å². The summed E-state index contributed by atoms with van der Waals surface area (Å²) in [6.07, 6.45) is 0. The van der Waals surface area contributed by atoms with Crippen LogP contribution in [0.3, 0.4) is 0 Å². The average Bonchev–Trinajstić information content (AvgIpc) is 2.32. The molecule has 0 spiro atoms. The maximum Gasteiger partial charge on any atom is 0.264 e. The minimum atomic E-state index is -3.98. The van der Waals surface area contributed by atoms with Crippen molar-refractivity contribution in [1.82, 2.24) is 0 Å². The summed E-state index contributed by atoms with van der Waals surface area (Å²) in [5.41, 5.74) is 7.15. The van der Waals surface area contributed by atoms with E-state index in [0.717, 1.165) is 6.07 Å². The molecule has 0 aromatic heterocycles. The van der Waals surface area contributed by atoms with Crippen molar-refractivity contribution in [2.75, 3.05) is 10.5 Å². The van der Waals surface area contributed by atoms with E-state index in [9.17, 15) is 12.8 Å². The van der Waals surface area contributed by atoms with Crippen LogP contribution in [0.25, 0.3) is 0 Å². The average molecular weight is 359 g/mol. The number of aryl methyl sites for hydroxylation is 1. The molecule has 20 heavy (non-hydrogen) atoms. The van der Waals surface area contributed by atoms with Gasteiger partial charge in [-0.05, 0) is 48.9 Å². The fourth-order valence-electron chi connectivity index (χ4n) is 1.69. The molecule has 0 heterocycles. The Labute approximate surface area is 125 Å². The minimum Gasteiger partial charge on any atom is -0.399 e. The highest BCUT2D eigenvalue weighted by atomic mass is 79.9. The Balaban J connectivity index is 2.41. The van der Waals surface area contributed by atoms with E-state index in [0.29, 0.717) is 21.4 Å². The van der Waals surface area contributed by atoms with Crippen molar-refractivity contribution in [2.24, 2.45) is 0 Å². The normalized spacial score (nSPS) is 11.3. The summed E-state index contributed by atoms with van der Waals surface area (Å²) < 4.78 is 40.9. The van der Waals surface area contributed by atoms with Crippen LogP contribution in [0.5, 0.6) is 0 Å². The summed E-state index contributed by atoms with van der Waals surface area (Å²) in [5, 5.41) is 0. The van der Waals surface area contributed by atoms with Crippen LogP contribution in [0.2, 0.25) is 0 Å². The van der Waals surface area contributed by atoms with Crippen LogP contribution < -0.4 is 10.5 Å². The van der Waals surface area contributed by atoms with Crippen molar-refractivity contribution in [2.45, 2.75) is 11.8 Å². The Morgan fingerprint density at radius 3 is 2.50 bits per heavy atom. The first-order chi connectivity index (χ1) is 9.29. The maximum absolute atomic E-state index is 13.7. The van der Waals surface area contributed by atoms with Gasteiger partial charge in [-0.15, -0.1) is 0 Å². The molecule has 2 rings (SSSR count). The molecule has 7 heteroatoms. The van der Waals surface area contributed by atoms with E-state index in [1.165, 1.54) is 12.1 Å². The number of sulfonamides is 1. The number of hydrogen-bond donors (Lipinski definition) is 2. The number of anilines is 2. The number of nitrogen functional groups attached to an aromatic ring is 1. The topological polar surface area (TPSA) is 72.2 Å². The lowest BCUT2D eigenvalue weighted by Gasteiger charge is -2.11. The first kappa shape index (κ1) is 14.8. The molecule has 0 fully saturated rings. The second-order valence-electron chi connectivity index (χ2n) is 4.25. The van der Waals surface area contributed by atoms with Crippen LogP contribution in [0.1, 0.15) is 5.56 Å². The van der Waals surface area contributed by atoms with Gasteiger partial charge in [-0.1, -0.05) is 15.9 Å². The van der Waals surface area contributed by atoms with E-state index in [2.05, 4.69) is 20.7 Å². The molecule has 0 bridgehead atoms. The lowest BCUT2D eigenvalue weighted by Crippen LogP contribution is -2.15. The molecule has 2 aromatic rings. The first-order valence-electron chi connectivity index (χ1n) is 5.63. The summed E-state index contributed by atoms with van der Waals surface area (Å²) in [6, 6.07) is 8.52. The molecule has 0 aliphatic heterocycles. The van der Waals surface area contributed by atoms with Gasteiger partial charge in [-0.25, -0.2) is 12.8 Å². The van der Waals surface area contributed by atoms with Crippen molar-refractivity contribution in [3.8, 4) is 0 Å². The fraction of sp³-hybridized carbons (Fsp3) is 0.0769. The van der Waals surface area contributed by atoms with E-state index >= 15 is 0 Å². The van der Waals surface area contributed by atoms with Crippen LogP contribution in [-0.2, 0) is 10.0 Å². The maximum atomic E-state index is 13.7. The highest BCUT2D eigenvalue weighted by Crippen LogP contribution is 2.24. The quantitative estimate of drug-likeness (QED) is 0.827. The lowest BCUT2D eigenvalue weighted by molar-refractivity contribution is 0.570. The van der Waals surface area contributed by atoms with E-state index in [1.54, 1.807) is 25.1 Å². The highest BCUT2D eigenvalue weighted by Gasteiger charge is 2.20. The Morgan fingerprint density at radius 2 is 1.90 bits per heavy atom. The van der Waals surface area contributed by atoms with Crippen LogP contribution in [0.4, 0.5) is 15.8 Å². The Morgan fingerprint density at radius 1 is 1.20 bits per heavy atom. The lowest BCUT2D eigenvalue weighted by atomic mass is 10.2. The number of nitrogens with two attached hydrogens (primary N) is 1. The summed E-state index contributed by atoms with van der Waals surface area (Å²) in [6.45, 7) is 1.71. The zero-order valence-electron chi connectivity index (χ0n) is 10.5. The van der Waals surface area contributed by atoms with Gasteiger partial charge in [0.1, 0.15) is 10.7 Å². The molecule has 0 atom stereocenters. The standard InChI is InChI=1S/C13H12BrFN2O2S/c1-8-6-10(16)3-4-12(8)17-20(18,19)13-5-2-9(14)7-11(13)15/h2-7,17H,16H2,1H3. The van der Waals surface area contributed by atoms with E-state index in [-0.39, 0.29) is 0 Å². The number of halogens is 2. The van der Waals surface area contributed by atoms with Crippen LogP contribution >= 0.6 is 15.9 Å². The molecule has 4 nitrogen and oxygen atoms in total. The monoisotopic (exact) mass is 358 g/mol. The second kappa shape index (κ2) is 5.41. The number of rotatable bonds is 3. The molecule has 0 radical (unpaired) electrons. The van der Waals surface area contributed by atoms with Gasteiger partial charge in [-0.2, -0.15) is 0 Å². The van der Waals surface area contributed by atoms with Gasteiger partial charge in [0.15, 0.2) is 0 Å². The van der Waals surface area contributed by atoms with Gasteiger partial charge >= 0.3 is 0 Å². The Bertz CT molecular complexity index is 763. The van der Waals surface area contributed by atoms with Crippen LogP contribution in [0.15, 0.2) is 45.8 Å². The minimum absolute atomic E-state index is 0.363. The van der Waals surface area contributed by atoms with Gasteiger partial charge in [0, 0.05) is 10.2 Å². The molecule has 2 aromatic carbocycles. The zero-order chi connectivity index (χ0) is 14.9. The van der Waals surface area contributed by atoms with E-state index in [4.69, 9.17) is 5.73 Å². The summed E-state index contributed by atoms with van der Waals surface area (Å²) >= 11 is 3.08. The third-order valence-corrected chi connectivity index (χ3v) is 4.57. The molecule has 0 saturated carbocycles. The van der Waals surface area contributed by atoms with Gasteiger partial charge in [-0.3, -0.25) is 4.72 Å². The van der Waals surface area contributed by atoms with Gasteiger partial charge in [0.2, 0.25) is 0 Å². The third-order valence-electron chi connectivity index (χ3n) is 2.68. The molecule has 3 N–H and O–H groups in total. The zero-order valence-corrected chi connectivity index (χ0v) is 12.9. The number of hydrogen-bond acceptors (Lipinski definition) is 3. The Hall–Kier alpha value is -1.60. The SMILES string of the molecule is Cc1cc(N)ccc1NS(=O)(=O)c1ccc(Br)cc1F. The largest absolute Gasteiger partial charge is 0.399 e. The predicted molar refractivity (Wildman–Crippen MR) is 80.5 cm³/mol. The van der Waals surface area contributed by atoms with Crippen LogP contribution in [0, 0.1) is 12.7 Å². The molecule has 0 unspecified atom stereocenters. The smallest absolute Gasteiger partial charge is 0.264 e. The first-order valence-corrected chi connectivity index (χ1v) is 7.91. The number of nitrogens with one attached hydrogen (secondary N) is 1. The van der Waals surface area contributed by atoms with E-state index in [1.807, 2.05) is 0 Å². The predicted octanol–water partition coefficient (Wildman–Crippen LogP) is 3.28. The summed E-state index contributed by atoms with van der Waals surface area (Å²) in [5.74, 6) is -0.819. The molecule has 0 amide bonds. The fourth-order valence-corrected chi connectivity index (χ4v) is 3.22. The van der Waals surface area contributed by atoms with Gasteiger partial charge in [0.05, 0.1) is 5.69 Å². The Kier molecular flexibility index (Phi) is 4.01. The highest BCUT2D eigenvalue weighted by molar-refractivity contribution is 9.10. The third kappa shape index (κ3) is 3.10. The van der Waals surface area contributed by atoms with Crippen molar-refractivity contribution in [3.05, 3.63) is 52.3 Å². The van der Waals surface area contributed by atoms with Crippen molar-refractivity contribution >= 4 is 37.3 Å². The summed E-state index contributed by atoms with van der Waals surface area (Å²) in [7, 11) is -3.98. The molecule has 0 aliphatic carbocycles. The summed E-state index contributed by atoms with van der Waals surface area (Å²) in [4.78, 5) is -0.406. The van der Waals surface area contributed by atoms with Crippen LogP contribution in [-0.4, -0.2) is 8.42 Å².